The van der Waals surface area contributed by atoms with E-state index in [1.54, 1.807) is 10.4 Å². The number of rotatable bonds is 3. The highest BCUT2D eigenvalue weighted by Crippen LogP contribution is 2.32. The van der Waals surface area contributed by atoms with Crippen LogP contribution in [0.15, 0.2) is 51.9 Å². The smallest absolute Gasteiger partial charge is 0.243 e. The molecule has 0 N–H and O–H groups in total. The fourth-order valence-electron chi connectivity index (χ4n) is 3.52. The van der Waals surface area contributed by atoms with Gasteiger partial charge in [0.25, 0.3) is 0 Å². The van der Waals surface area contributed by atoms with Crippen molar-refractivity contribution in [3.8, 4) is 11.3 Å². The first kappa shape index (κ1) is 17.9. The van der Waals surface area contributed by atoms with Crippen molar-refractivity contribution < 1.29 is 12.9 Å². The Labute approximate surface area is 159 Å². The van der Waals surface area contributed by atoms with Crippen molar-refractivity contribution in [1.82, 2.24) is 9.46 Å². The summed E-state index contributed by atoms with van der Waals surface area (Å²) in [5.41, 5.74) is 5.49. The van der Waals surface area contributed by atoms with Crippen LogP contribution in [0.1, 0.15) is 27.9 Å². The molecule has 4 rings (SSSR count). The molecule has 0 atom stereocenters. The van der Waals surface area contributed by atoms with Gasteiger partial charge in [-0.05, 0) is 49.9 Å². The molecule has 0 fully saturated rings. The highest BCUT2D eigenvalue weighted by Gasteiger charge is 2.30. The summed E-state index contributed by atoms with van der Waals surface area (Å²) >= 11 is 0. The number of hydrogen-bond donors (Lipinski definition) is 0. The zero-order chi connectivity index (χ0) is 19.2. The van der Waals surface area contributed by atoms with E-state index in [2.05, 4.69) is 11.2 Å². The highest BCUT2D eigenvalue weighted by molar-refractivity contribution is 7.89. The maximum absolute atomic E-state index is 13.4. The molecule has 3 aromatic rings. The number of nitrogens with zero attached hydrogens (tertiary/aromatic N) is 2. The summed E-state index contributed by atoms with van der Waals surface area (Å²) in [6, 6.07) is 13.4. The second-order valence-electron chi connectivity index (χ2n) is 7.06. The van der Waals surface area contributed by atoms with Gasteiger partial charge in [0.05, 0.1) is 10.6 Å². The summed E-state index contributed by atoms with van der Waals surface area (Å²) in [4.78, 5) is 0.327. The third-order valence-electron chi connectivity index (χ3n) is 5.32. The average Bonchev–Trinajstić information content (AvgIpc) is 3.00. The Morgan fingerprint density at radius 2 is 1.78 bits per heavy atom. The number of benzene rings is 2. The summed E-state index contributed by atoms with van der Waals surface area (Å²) in [7, 11) is -3.60. The monoisotopic (exact) mass is 382 g/mol. The van der Waals surface area contributed by atoms with Crippen LogP contribution < -0.4 is 0 Å². The fraction of sp³-hybridized carbons (Fsp3) is 0.286. The lowest BCUT2D eigenvalue weighted by Gasteiger charge is -2.28. The Bertz CT molecular complexity index is 1120. The first-order chi connectivity index (χ1) is 12.9. The number of sulfonamides is 1. The predicted molar refractivity (Wildman–Crippen MR) is 104 cm³/mol. The van der Waals surface area contributed by atoms with E-state index in [0.717, 1.165) is 34.4 Å². The van der Waals surface area contributed by atoms with Crippen LogP contribution in [0.4, 0.5) is 0 Å². The molecule has 2 aromatic carbocycles. The lowest BCUT2D eigenvalue weighted by Crippen LogP contribution is -2.36. The minimum absolute atomic E-state index is 0.327. The molecule has 0 radical (unpaired) electrons. The molecular weight excluding hydrogens is 360 g/mol. The summed E-state index contributed by atoms with van der Waals surface area (Å²) in [5.74, 6) is 0.618. The lowest BCUT2D eigenvalue weighted by atomic mass is 10.0. The number of hydrogen-bond acceptors (Lipinski definition) is 4. The second-order valence-corrected chi connectivity index (χ2v) is 8.97. The average molecular weight is 382 g/mol. The van der Waals surface area contributed by atoms with E-state index in [4.69, 9.17) is 4.52 Å². The molecule has 140 valence electrons. The standard InChI is InChI=1S/C21H22N2O3S/c1-14-8-9-18(21-15(2)16(3)22-26-21)12-20(14)27(24,25)23-11-10-17-6-4-5-7-19(17)13-23/h4-9,12H,10-11,13H2,1-3H3. The van der Waals surface area contributed by atoms with Crippen molar-refractivity contribution in [3.63, 3.8) is 0 Å². The van der Waals surface area contributed by atoms with Crippen molar-refractivity contribution in [1.29, 1.82) is 0 Å². The molecule has 0 amide bonds. The Balaban J connectivity index is 1.74. The predicted octanol–water partition coefficient (Wildman–Crippen LogP) is 4.01. The van der Waals surface area contributed by atoms with Crippen molar-refractivity contribution in [2.24, 2.45) is 0 Å². The van der Waals surface area contributed by atoms with Gasteiger partial charge >= 0.3 is 0 Å². The van der Waals surface area contributed by atoms with Crippen molar-refractivity contribution in [2.45, 2.75) is 38.6 Å². The maximum Gasteiger partial charge on any atom is 0.243 e. The van der Waals surface area contributed by atoms with Gasteiger partial charge < -0.3 is 4.52 Å². The van der Waals surface area contributed by atoms with Gasteiger partial charge in [0, 0.05) is 24.2 Å². The van der Waals surface area contributed by atoms with Gasteiger partial charge in [-0.1, -0.05) is 41.6 Å². The summed E-state index contributed by atoms with van der Waals surface area (Å²) in [6.45, 7) is 6.52. The maximum atomic E-state index is 13.4. The molecule has 1 aliphatic rings. The van der Waals surface area contributed by atoms with Gasteiger partial charge in [-0.15, -0.1) is 0 Å². The Hall–Kier alpha value is -2.44. The van der Waals surface area contributed by atoms with Crippen LogP contribution in [-0.4, -0.2) is 24.4 Å². The zero-order valence-electron chi connectivity index (χ0n) is 15.7. The SMILES string of the molecule is Cc1ccc(-c2onc(C)c2C)cc1S(=O)(=O)N1CCc2ccccc2C1. The highest BCUT2D eigenvalue weighted by atomic mass is 32.2. The van der Waals surface area contributed by atoms with Gasteiger partial charge in [0.2, 0.25) is 10.0 Å². The van der Waals surface area contributed by atoms with E-state index in [0.29, 0.717) is 23.7 Å². The molecule has 0 spiro atoms. The normalized spacial score (nSPS) is 14.9. The van der Waals surface area contributed by atoms with E-state index in [-0.39, 0.29) is 0 Å². The molecule has 0 bridgehead atoms. The van der Waals surface area contributed by atoms with Crippen LogP contribution in [0, 0.1) is 20.8 Å². The molecule has 0 aliphatic carbocycles. The Morgan fingerprint density at radius 1 is 1.04 bits per heavy atom. The molecule has 6 heteroatoms. The van der Waals surface area contributed by atoms with E-state index >= 15 is 0 Å². The topological polar surface area (TPSA) is 63.4 Å². The number of aryl methyl sites for hydroxylation is 2. The first-order valence-electron chi connectivity index (χ1n) is 8.99. The van der Waals surface area contributed by atoms with E-state index in [1.807, 2.05) is 51.1 Å². The molecule has 27 heavy (non-hydrogen) atoms. The van der Waals surface area contributed by atoms with Crippen molar-refractivity contribution >= 4 is 10.0 Å². The Morgan fingerprint density at radius 3 is 2.48 bits per heavy atom. The van der Waals surface area contributed by atoms with Gasteiger partial charge in [-0.2, -0.15) is 4.31 Å². The van der Waals surface area contributed by atoms with Crippen molar-refractivity contribution in [3.05, 3.63) is 70.4 Å². The van der Waals surface area contributed by atoms with Crippen LogP contribution >= 0.6 is 0 Å². The molecular formula is C21H22N2O3S. The van der Waals surface area contributed by atoms with Crippen LogP contribution in [0.2, 0.25) is 0 Å². The lowest BCUT2D eigenvalue weighted by molar-refractivity contribution is 0.391. The summed E-state index contributed by atoms with van der Waals surface area (Å²) < 4.78 is 33.7. The minimum Gasteiger partial charge on any atom is -0.356 e. The third-order valence-corrected chi connectivity index (χ3v) is 7.31. The molecule has 0 saturated carbocycles. The number of fused-ring (bicyclic) bond motifs is 1. The number of aromatic nitrogens is 1. The minimum atomic E-state index is -3.60. The van der Waals surface area contributed by atoms with Crippen molar-refractivity contribution in [2.75, 3.05) is 6.54 Å². The van der Waals surface area contributed by atoms with Crippen LogP contribution in [-0.2, 0) is 23.0 Å². The quantitative estimate of drug-likeness (QED) is 0.686. The molecule has 1 aromatic heterocycles. The Kier molecular flexibility index (Phi) is 4.40. The largest absolute Gasteiger partial charge is 0.356 e. The fourth-order valence-corrected chi connectivity index (χ4v) is 5.19. The molecule has 1 aliphatic heterocycles. The molecule has 0 unspecified atom stereocenters. The van der Waals surface area contributed by atoms with E-state index < -0.39 is 10.0 Å². The van der Waals surface area contributed by atoms with Crippen LogP contribution in [0.3, 0.4) is 0 Å². The van der Waals surface area contributed by atoms with E-state index in [9.17, 15) is 8.42 Å². The van der Waals surface area contributed by atoms with E-state index in [1.165, 1.54) is 5.56 Å². The first-order valence-corrected chi connectivity index (χ1v) is 10.4. The molecule has 0 saturated heterocycles. The zero-order valence-corrected chi connectivity index (χ0v) is 16.5. The molecule has 2 heterocycles. The molecule has 5 nitrogen and oxygen atoms in total. The van der Waals surface area contributed by atoms with Crippen LogP contribution in [0.5, 0.6) is 0 Å². The van der Waals surface area contributed by atoms with Gasteiger partial charge in [-0.3, -0.25) is 0 Å². The van der Waals surface area contributed by atoms with Gasteiger partial charge in [0.15, 0.2) is 5.76 Å². The third kappa shape index (κ3) is 3.09. The second kappa shape index (κ2) is 6.62. The summed E-state index contributed by atoms with van der Waals surface area (Å²) in [6.07, 6.45) is 0.731. The summed E-state index contributed by atoms with van der Waals surface area (Å²) in [5, 5.41) is 3.99. The van der Waals surface area contributed by atoms with Crippen LogP contribution in [0.25, 0.3) is 11.3 Å². The van der Waals surface area contributed by atoms with Gasteiger partial charge in [-0.25, -0.2) is 8.42 Å². The van der Waals surface area contributed by atoms with Gasteiger partial charge in [0.1, 0.15) is 0 Å².